The zero-order valence-electron chi connectivity index (χ0n) is 14.0. The van der Waals surface area contributed by atoms with Crippen LogP contribution in [0.5, 0.6) is 0 Å². The molecule has 0 spiro atoms. The van der Waals surface area contributed by atoms with Gasteiger partial charge in [0.1, 0.15) is 5.01 Å². The van der Waals surface area contributed by atoms with Crippen molar-refractivity contribution in [1.29, 1.82) is 0 Å². The lowest BCUT2D eigenvalue weighted by Crippen LogP contribution is -2.45. The SMILES string of the molecule is CC(C)(C)c1cnc(CN2CCNCC2c2cccnc2)s1.Cl. The molecule has 0 aliphatic carbocycles. The Balaban J connectivity index is 0.00000192. The Morgan fingerprint density at radius 3 is 2.83 bits per heavy atom. The van der Waals surface area contributed by atoms with Crippen molar-refractivity contribution in [2.24, 2.45) is 0 Å². The van der Waals surface area contributed by atoms with Crippen LogP contribution in [0.4, 0.5) is 0 Å². The Kier molecular flexibility index (Phi) is 6.14. The van der Waals surface area contributed by atoms with Crippen molar-refractivity contribution in [3.8, 4) is 0 Å². The van der Waals surface area contributed by atoms with Crippen molar-refractivity contribution in [1.82, 2.24) is 20.2 Å². The van der Waals surface area contributed by atoms with Crippen molar-refractivity contribution in [2.75, 3.05) is 19.6 Å². The molecule has 4 nitrogen and oxygen atoms in total. The Labute approximate surface area is 148 Å². The molecular weight excluding hydrogens is 328 g/mol. The topological polar surface area (TPSA) is 41.1 Å². The smallest absolute Gasteiger partial charge is 0.107 e. The quantitative estimate of drug-likeness (QED) is 0.919. The monoisotopic (exact) mass is 352 g/mol. The number of nitrogens with one attached hydrogen (secondary N) is 1. The lowest BCUT2D eigenvalue weighted by atomic mass is 9.96. The molecule has 1 fully saturated rings. The molecule has 6 heteroatoms. The number of hydrogen-bond acceptors (Lipinski definition) is 5. The third-order valence-corrected chi connectivity index (χ3v) is 5.46. The van der Waals surface area contributed by atoms with E-state index < -0.39 is 0 Å². The van der Waals surface area contributed by atoms with E-state index >= 15 is 0 Å². The molecule has 1 saturated heterocycles. The predicted molar refractivity (Wildman–Crippen MR) is 98.3 cm³/mol. The third kappa shape index (κ3) is 4.51. The van der Waals surface area contributed by atoms with Gasteiger partial charge in [0.05, 0.1) is 6.54 Å². The number of nitrogens with zero attached hydrogens (tertiary/aromatic N) is 3. The van der Waals surface area contributed by atoms with E-state index in [2.05, 4.69) is 47.0 Å². The summed E-state index contributed by atoms with van der Waals surface area (Å²) in [5, 5.41) is 4.70. The highest BCUT2D eigenvalue weighted by atomic mass is 35.5. The Hall–Kier alpha value is -1.01. The molecule has 1 aliphatic rings. The third-order valence-electron chi connectivity index (χ3n) is 4.05. The van der Waals surface area contributed by atoms with Gasteiger partial charge in [0.25, 0.3) is 0 Å². The molecule has 0 aromatic carbocycles. The fourth-order valence-electron chi connectivity index (χ4n) is 2.74. The molecule has 0 saturated carbocycles. The lowest BCUT2D eigenvalue weighted by molar-refractivity contribution is 0.153. The molecule has 2 aromatic heterocycles. The van der Waals surface area contributed by atoms with Crippen LogP contribution >= 0.6 is 23.7 Å². The van der Waals surface area contributed by atoms with Gasteiger partial charge in [-0.05, 0) is 17.0 Å². The molecule has 1 unspecified atom stereocenters. The second kappa shape index (κ2) is 7.71. The molecule has 0 bridgehead atoms. The summed E-state index contributed by atoms with van der Waals surface area (Å²) in [6.45, 7) is 10.7. The summed E-state index contributed by atoms with van der Waals surface area (Å²) in [6.07, 6.45) is 5.86. The number of rotatable bonds is 3. The van der Waals surface area contributed by atoms with Crippen molar-refractivity contribution in [3.05, 3.63) is 46.2 Å². The minimum atomic E-state index is 0. The molecule has 3 rings (SSSR count). The second-order valence-corrected chi connectivity index (χ2v) is 7.96. The van der Waals surface area contributed by atoms with Crippen LogP contribution in [0.25, 0.3) is 0 Å². The van der Waals surface area contributed by atoms with Crippen LogP contribution in [0.15, 0.2) is 30.7 Å². The van der Waals surface area contributed by atoms with Gasteiger partial charge >= 0.3 is 0 Å². The first-order valence-corrected chi connectivity index (χ1v) is 8.65. The highest BCUT2D eigenvalue weighted by molar-refractivity contribution is 7.11. The van der Waals surface area contributed by atoms with Gasteiger partial charge in [0.2, 0.25) is 0 Å². The normalized spacial score (nSPS) is 19.3. The maximum atomic E-state index is 4.65. The standard InChI is InChI=1S/C17H24N4S.ClH/c1-17(2,3)15-11-20-16(22-15)12-21-8-7-19-10-14(21)13-5-4-6-18-9-13;/h4-6,9,11,14,19H,7-8,10,12H2,1-3H3;1H. The van der Waals surface area contributed by atoms with Crippen molar-refractivity contribution >= 4 is 23.7 Å². The Bertz CT molecular complexity index is 609. The highest BCUT2D eigenvalue weighted by Gasteiger charge is 2.25. The Morgan fingerprint density at radius 1 is 1.35 bits per heavy atom. The molecule has 1 atom stereocenters. The zero-order chi connectivity index (χ0) is 15.6. The summed E-state index contributed by atoms with van der Waals surface area (Å²) >= 11 is 1.84. The van der Waals surface area contributed by atoms with Crippen LogP contribution in [0.2, 0.25) is 0 Å². The number of thiazole rings is 1. The number of pyridine rings is 1. The van der Waals surface area contributed by atoms with E-state index in [1.165, 1.54) is 15.4 Å². The largest absolute Gasteiger partial charge is 0.314 e. The van der Waals surface area contributed by atoms with E-state index in [1.807, 2.05) is 36.0 Å². The highest BCUT2D eigenvalue weighted by Crippen LogP contribution is 2.30. The van der Waals surface area contributed by atoms with Gasteiger partial charge in [-0.15, -0.1) is 23.7 Å². The lowest BCUT2D eigenvalue weighted by Gasteiger charge is -2.35. The van der Waals surface area contributed by atoms with Gasteiger partial charge in [0, 0.05) is 49.1 Å². The predicted octanol–water partition coefficient (Wildman–Crippen LogP) is 3.40. The summed E-state index contributed by atoms with van der Waals surface area (Å²) in [4.78, 5) is 12.8. The molecule has 0 amide bonds. The van der Waals surface area contributed by atoms with Gasteiger partial charge in [-0.25, -0.2) is 4.98 Å². The summed E-state index contributed by atoms with van der Waals surface area (Å²) in [5.74, 6) is 0. The number of piperazine rings is 1. The van der Waals surface area contributed by atoms with E-state index in [0.29, 0.717) is 6.04 Å². The van der Waals surface area contributed by atoms with Crippen LogP contribution < -0.4 is 5.32 Å². The molecule has 2 aromatic rings. The van der Waals surface area contributed by atoms with Gasteiger partial charge in [-0.2, -0.15) is 0 Å². The average molecular weight is 353 g/mol. The van der Waals surface area contributed by atoms with E-state index in [0.717, 1.165) is 26.2 Å². The number of aromatic nitrogens is 2. The Morgan fingerprint density at radius 2 is 2.17 bits per heavy atom. The minimum absolute atomic E-state index is 0. The van der Waals surface area contributed by atoms with E-state index in [9.17, 15) is 0 Å². The summed E-state index contributed by atoms with van der Waals surface area (Å²) in [7, 11) is 0. The molecule has 23 heavy (non-hydrogen) atoms. The first kappa shape index (κ1) is 18.3. The van der Waals surface area contributed by atoms with Crippen molar-refractivity contribution in [2.45, 2.75) is 38.8 Å². The van der Waals surface area contributed by atoms with Crippen LogP contribution in [-0.4, -0.2) is 34.5 Å². The summed E-state index contributed by atoms with van der Waals surface area (Å²) in [6, 6.07) is 4.56. The zero-order valence-corrected chi connectivity index (χ0v) is 15.6. The molecule has 1 aliphatic heterocycles. The second-order valence-electron chi connectivity index (χ2n) is 6.85. The minimum Gasteiger partial charge on any atom is -0.314 e. The van der Waals surface area contributed by atoms with Gasteiger partial charge in [-0.1, -0.05) is 26.8 Å². The van der Waals surface area contributed by atoms with Gasteiger partial charge in [0.15, 0.2) is 0 Å². The van der Waals surface area contributed by atoms with Crippen molar-refractivity contribution in [3.63, 3.8) is 0 Å². The maximum Gasteiger partial charge on any atom is 0.107 e. The van der Waals surface area contributed by atoms with Gasteiger partial charge in [-0.3, -0.25) is 9.88 Å². The molecule has 126 valence electrons. The van der Waals surface area contributed by atoms with Crippen LogP contribution in [0, 0.1) is 0 Å². The van der Waals surface area contributed by atoms with E-state index in [4.69, 9.17) is 0 Å². The molecule has 0 radical (unpaired) electrons. The summed E-state index contributed by atoms with van der Waals surface area (Å²) < 4.78 is 0. The fraction of sp³-hybridized carbons (Fsp3) is 0.529. The fourth-order valence-corrected chi connectivity index (χ4v) is 3.74. The van der Waals surface area contributed by atoms with Gasteiger partial charge < -0.3 is 5.32 Å². The first-order valence-electron chi connectivity index (χ1n) is 7.84. The average Bonchev–Trinajstić information content (AvgIpc) is 2.97. The van der Waals surface area contributed by atoms with Crippen molar-refractivity contribution < 1.29 is 0 Å². The van der Waals surface area contributed by atoms with E-state index in [-0.39, 0.29) is 17.8 Å². The molecular formula is C17H25ClN4S. The van der Waals surface area contributed by atoms with Crippen LogP contribution in [0.1, 0.15) is 42.3 Å². The number of hydrogen-bond donors (Lipinski definition) is 1. The summed E-state index contributed by atoms with van der Waals surface area (Å²) in [5.41, 5.74) is 1.46. The molecule has 3 heterocycles. The maximum absolute atomic E-state index is 4.65. The number of halogens is 1. The van der Waals surface area contributed by atoms with Crippen LogP contribution in [0.3, 0.4) is 0 Å². The van der Waals surface area contributed by atoms with Crippen LogP contribution in [-0.2, 0) is 12.0 Å². The first-order chi connectivity index (χ1) is 10.5. The van der Waals surface area contributed by atoms with E-state index in [1.54, 1.807) is 0 Å². The molecule has 1 N–H and O–H groups in total.